The second-order valence-electron chi connectivity index (χ2n) is 7.42. The van der Waals surface area contributed by atoms with Gasteiger partial charge in [-0.25, -0.2) is 17.5 Å². The highest BCUT2D eigenvalue weighted by Gasteiger charge is 2.23. The van der Waals surface area contributed by atoms with E-state index in [4.69, 9.17) is 4.74 Å². The van der Waals surface area contributed by atoms with Gasteiger partial charge in [-0.3, -0.25) is 4.79 Å². The zero-order chi connectivity index (χ0) is 22.1. The average Bonchev–Trinajstić information content (AvgIpc) is 2.69. The highest BCUT2D eigenvalue weighted by atomic mass is 32.2. The molecule has 1 aliphatic rings. The average molecular weight is 441 g/mol. The SMILES string of the molecule is CCOc1ccc(NC(=O)CCNC(=O)NC2CCCCC2)cc1S(=O)(=O)N(C)C. The Labute approximate surface area is 178 Å². The van der Waals surface area contributed by atoms with E-state index in [1.165, 1.54) is 32.6 Å². The summed E-state index contributed by atoms with van der Waals surface area (Å²) in [6, 6.07) is 4.41. The van der Waals surface area contributed by atoms with E-state index in [0.29, 0.717) is 12.3 Å². The van der Waals surface area contributed by atoms with E-state index in [-0.39, 0.29) is 41.6 Å². The van der Waals surface area contributed by atoms with Crippen LogP contribution in [0.4, 0.5) is 10.5 Å². The molecule has 1 saturated carbocycles. The predicted octanol–water partition coefficient (Wildman–Crippen LogP) is 2.30. The number of benzene rings is 1. The van der Waals surface area contributed by atoms with Gasteiger partial charge in [-0.2, -0.15) is 0 Å². The molecule has 0 spiro atoms. The number of nitrogens with one attached hydrogen (secondary N) is 3. The van der Waals surface area contributed by atoms with Crippen molar-refractivity contribution in [2.75, 3.05) is 32.6 Å². The largest absolute Gasteiger partial charge is 0.492 e. The molecule has 0 aromatic heterocycles. The predicted molar refractivity (Wildman–Crippen MR) is 115 cm³/mol. The fraction of sp³-hybridized carbons (Fsp3) is 0.600. The Morgan fingerprint density at radius 2 is 1.87 bits per heavy atom. The molecule has 0 radical (unpaired) electrons. The summed E-state index contributed by atoms with van der Waals surface area (Å²) < 4.78 is 31.6. The number of carbonyl (C=O) groups is 2. The van der Waals surface area contributed by atoms with E-state index in [1.54, 1.807) is 13.0 Å². The molecule has 0 atom stereocenters. The summed E-state index contributed by atoms with van der Waals surface area (Å²) in [5, 5.41) is 8.29. The Morgan fingerprint density at radius 1 is 1.17 bits per heavy atom. The Bertz CT molecular complexity index is 836. The summed E-state index contributed by atoms with van der Waals surface area (Å²) in [5.74, 6) is -0.101. The van der Waals surface area contributed by atoms with Gasteiger partial charge in [0.05, 0.1) is 6.61 Å². The highest BCUT2D eigenvalue weighted by molar-refractivity contribution is 7.89. The van der Waals surface area contributed by atoms with Crippen molar-refractivity contribution in [3.05, 3.63) is 18.2 Å². The first-order valence-electron chi connectivity index (χ1n) is 10.3. The zero-order valence-corrected chi connectivity index (χ0v) is 18.7. The fourth-order valence-corrected chi connectivity index (χ4v) is 4.31. The van der Waals surface area contributed by atoms with Crippen molar-refractivity contribution >= 4 is 27.6 Å². The van der Waals surface area contributed by atoms with E-state index in [0.717, 1.165) is 30.0 Å². The van der Waals surface area contributed by atoms with Crippen molar-refractivity contribution in [3.63, 3.8) is 0 Å². The first-order chi connectivity index (χ1) is 14.2. The van der Waals surface area contributed by atoms with Crippen molar-refractivity contribution in [2.24, 2.45) is 0 Å². The molecule has 3 N–H and O–H groups in total. The summed E-state index contributed by atoms with van der Waals surface area (Å²) in [7, 11) is -0.877. The smallest absolute Gasteiger partial charge is 0.315 e. The maximum absolute atomic E-state index is 12.6. The van der Waals surface area contributed by atoms with Gasteiger partial charge in [-0.05, 0) is 38.0 Å². The molecular weight excluding hydrogens is 408 g/mol. The topological polar surface area (TPSA) is 117 Å². The molecule has 30 heavy (non-hydrogen) atoms. The molecule has 0 unspecified atom stereocenters. The Morgan fingerprint density at radius 3 is 2.50 bits per heavy atom. The van der Waals surface area contributed by atoms with Crippen molar-refractivity contribution < 1.29 is 22.7 Å². The number of ether oxygens (including phenoxy) is 1. The van der Waals surface area contributed by atoms with Crippen molar-refractivity contribution in [2.45, 2.75) is 56.4 Å². The molecule has 10 heteroatoms. The number of carbonyl (C=O) groups excluding carboxylic acids is 2. The summed E-state index contributed by atoms with van der Waals surface area (Å²) in [6.07, 6.45) is 5.51. The van der Waals surface area contributed by atoms with Crippen LogP contribution in [0.3, 0.4) is 0 Å². The minimum atomic E-state index is -3.74. The molecule has 2 rings (SSSR count). The number of hydrogen-bond acceptors (Lipinski definition) is 5. The number of anilines is 1. The molecule has 1 aromatic rings. The summed E-state index contributed by atoms with van der Waals surface area (Å²) in [5.41, 5.74) is 0.343. The lowest BCUT2D eigenvalue weighted by Gasteiger charge is -2.22. The third-order valence-electron chi connectivity index (χ3n) is 4.86. The fourth-order valence-electron chi connectivity index (χ4n) is 3.26. The van der Waals surface area contributed by atoms with Gasteiger partial charge in [-0.15, -0.1) is 0 Å². The Kier molecular flexibility index (Phi) is 8.91. The van der Waals surface area contributed by atoms with E-state index >= 15 is 0 Å². The maximum atomic E-state index is 12.6. The van der Waals surface area contributed by atoms with E-state index in [9.17, 15) is 18.0 Å². The van der Waals surface area contributed by atoms with Gasteiger partial charge in [-0.1, -0.05) is 19.3 Å². The zero-order valence-electron chi connectivity index (χ0n) is 17.9. The minimum Gasteiger partial charge on any atom is -0.492 e. The van der Waals surface area contributed by atoms with Crippen molar-refractivity contribution in [1.82, 2.24) is 14.9 Å². The number of sulfonamides is 1. The number of hydrogen-bond donors (Lipinski definition) is 3. The van der Waals surface area contributed by atoms with Crippen molar-refractivity contribution in [3.8, 4) is 5.75 Å². The van der Waals surface area contributed by atoms with Crippen LogP contribution in [0.15, 0.2) is 23.1 Å². The third-order valence-corrected chi connectivity index (χ3v) is 6.70. The van der Waals surface area contributed by atoms with Crippen LogP contribution < -0.4 is 20.7 Å². The second-order valence-corrected chi connectivity index (χ2v) is 9.54. The molecule has 1 aliphatic carbocycles. The Hall–Kier alpha value is -2.33. The number of rotatable bonds is 9. The lowest BCUT2D eigenvalue weighted by atomic mass is 9.96. The molecular formula is C20H32N4O5S. The molecule has 0 heterocycles. The van der Waals surface area contributed by atoms with Gasteiger partial charge >= 0.3 is 6.03 Å². The molecule has 0 aliphatic heterocycles. The normalized spacial score (nSPS) is 14.9. The van der Waals surface area contributed by atoms with Crippen LogP contribution in [-0.2, 0) is 14.8 Å². The summed E-state index contributed by atoms with van der Waals surface area (Å²) >= 11 is 0. The van der Waals surface area contributed by atoms with E-state index in [2.05, 4.69) is 16.0 Å². The van der Waals surface area contributed by atoms with Crippen LogP contribution in [0.1, 0.15) is 45.4 Å². The summed E-state index contributed by atoms with van der Waals surface area (Å²) in [6.45, 7) is 2.26. The van der Waals surface area contributed by atoms with E-state index in [1.807, 2.05) is 0 Å². The van der Waals surface area contributed by atoms with Crippen molar-refractivity contribution in [1.29, 1.82) is 0 Å². The Balaban J connectivity index is 1.90. The molecule has 9 nitrogen and oxygen atoms in total. The molecule has 1 fully saturated rings. The molecule has 0 saturated heterocycles. The molecule has 1 aromatic carbocycles. The summed E-state index contributed by atoms with van der Waals surface area (Å²) in [4.78, 5) is 24.1. The standard InChI is InChI=1S/C20H32N4O5S/c1-4-29-17-11-10-16(14-18(17)30(27,28)24(2)3)22-19(25)12-13-21-20(26)23-15-8-6-5-7-9-15/h10-11,14-15H,4-9,12-13H2,1-3H3,(H,22,25)(H2,21,23,26). The van der Waals surface area contributed by atoms with Crippen LogP contribution >= 0.6 is 0 Å². The second kappa shape index (κ2) is 11.2. The van der Waals surface area contributed by atoms with Gasteiger partial charge in [0.1, 0.15) is 10.6 Å². The number of nitrogens with zero attached hydrogens (tertiary/aromatic N) is 1. The van der Waals surface area contributed by atoms with Gasteiger partial charge < -0.3 is 20.7 Å². The van der Waals surface area contributed by atoms with Crippen LogP contribution in [0.25, 0.3) is 0 Å². The first kappa shape index (κ1) is 23.9. The quantitative estimate of drug-likeness (QED) is 0.545. The lowest BCUT2D eigenvalue weighted by molar-refractivity contribution is -0.116. The van der Waals surface area contributed by atoms with Crippen LogP contribution in [-0.4, -0.2) is 58.0 Å². The molecule has 3 amide bonds. The third kappa shape index (κ3) is 6.88. The maximum Gasteiger partial charge on any atom is 0.315 e. The molecule has 0 bridgehead atoms. The first-order valence-corrected chi connectivity index (χ1v) is 11.7. The van der Waals surface area contributed by atoms with Crippen LogP contribution in [0, 0.1) is 0 Å². The van der Waals surface area contributed by atoms with E-state index < -0.39 is 10.0 Å². The number of amides is 3. The van der Waals surface area contributed by atoms with Gasteiger partial charge in [0, 0.05) is 38.8 Å². The van der Waals surface area contributed by atoms with Gasteiger partial charge in [0.15, 0.2) is 0 Å². The monoisotopic (exact) mass is 440 g/mol. The van der Waals surface area contributed by atoms with Gasteiger partial charge in [0.2, 0.25) is 15.9 Å². The van der Waals surface area contributed by atoms with Gasteiger partial charge in [0.25, 0.3) is 0 Å². The van der Waals surface area contributed by atoms with Crippen LogP contribution in [0.2, 0.25) is 0 Å². The minimum absolute atomic E-state index is 0.0165. The van der Waals surface area contributed by atoms with Crippen LogP contribution in [0.5, 0.6) is 5.75 Å². The lowest BCUT2D eigenvalue weighted by Crippen LogP contribution is -2.43. The molecule has 168 valence electrons. The number of urea groups is 1. The highest BCUT2D eigenvalue weighted by Crippen LogP contribution is 2.29.